The summed E-state index contributed by atoms with van der Waals surface area (Å²) >= 11 is 0. The van der Waals surface area contributed by atoms with Crippen molar-refractivity contribution < 1.29 is 33.3 Å². The molecule has 1 amide bonds. The van der Waals surface area contributed by atoms with Gasteiger partial charge in [-0.1, -0.05) is 30.3 Å². The van der Waals surface area contributed by atoms with E-state index in [0.717, 1.165) is 11.1 Å². The molecule has 0 saturated heterocycles. The molecule has 8 nitrogen and oxygen atoms in total. The number of nitrogens with one attached hydrogen (secondary N) is 1. The van der Waals surface area contributed by atoms with Gasteiger partial charge in [0.2, 0.25) is 5.75 Å². The van der Waals surface area contributed by atoms with E-state index >= 15 is 0 Å². The second kappa shape index (κ2) is 11.2. The Morgan fingerprint density at radius 2 is 1.40 bits per heavy atom. The molecule has 0 aliphatic rings. The number of aryl methyl sites for hydroxylation is 2. The Labute approximate surface area is 203 Å². The number of carbonyl (C=O) groups is 3. The minimum absolute atomic E-state index is 0.0799. The molecule has 8 heteroatoms. The fraction of sp³-hybridized carbons (Fsp3) is 0.222. The van der Waals surface area contributed by atoms with Crippen molar-refractivity contribution >= 4 is 23.3 Å². The van der Waals surface area contributed by atoms with E-state index in [9.17, 15) is 14.4 Å². The lowest BCUT2D eigenvalue weighted by molar-refractivity contribution is -0.119. The van der Waals surface area contributed by atoms with Gasteiger partial charge < -0.3 is 24.3 Å². The van der Waals surface area contributed by atoms with E-state index in [1.165, 1.54) is 27.4 Å². The number of hydrogen-bond acceptors (Lipinski definition) is 7. The van der Waals surface area contributed by atoms with Crippen molar-refractivity contribution in [3.63, 3.8) is 0 Å². The summed E-state index contributed by atoms with van der Waals surface area (Å²) in [6.45, 7) is 3.32. The van der Waals surface area contributed by atoms with Gasteiger partial charge in [0.15, 0.2) is 23.9 Å². The predicted molar refractivity (Wildman–Crippen MR) is 131 cm³/mol. The van der Waals surface area contributed by atoms with Gasteiger partial charge in [-0.15, -0.1) is 0 Å². The lowest BCUT2D eigenvalue weighted by Crippen LogP contribution is -2.22. The molecule has 0 heterocycles. The Bertz CT molecular complexity index is 1240. The van der Waals surface area contributed by atoms with Gasteiger partial charge in [0.1, 0.15) is 0 Å². The molecule has 0 spiro atoms. The number of hydrogen-bond donors (Lipinski definition) is 1. The highest BCUT2D eigenvalue weighted by molar-refractivity contribution is 6.14. The fourth-order valence-electron chi connectivity index (χ4n) is 3.46. The quantitative estimate of drug-likeness (QED) is 0.361. The van der Waals surface area contributed by atoms with E-state index in [1.807, 2.05) is 19.9 Å². The first kappa shape index (κ1) is 25.3. The Balaban J connectivity index is 1.72. The van der Waals surface area contributed by atoms with Crippen LogP contribution in [-0.2, 0) is 9.53 Å². The van der Waals surface area contributed by atoms with E-state index in [0.29, 0.717) is 28.5 Å². The van der Waals surface area contributed by atoms with E-state index in [4.69, 9.17) is 18.9 Å². The number of carbonyl (C=O) groups excluding carboxylic acids is 3. The van der Waals surface area contributed by atoms with E-state index in [-0.39, 0.29) is 16.9 Å². The van der Waals surface area contributed by atoms with Crippen molar-refractivity contribution in [3.05, 3.63) is 82.4 Å². The Kier molecular flexibility index (Phi) is 8.09. The first-order valence-electron chi connectivity index (χ1n) is 10.8. The fourth-order valence-corrected chi connectivity index (χ4v) is 3.46. The maximum Gasteiger partial charge on any atom is 0.339 e. The summed E-state index contributed by atoms with van der Waals surface area (Å²) in [7, 11) is 4.39. The minimum atomic E-state index is -0.780. The molecule has 0 aromatic heterocycles. The maximum absolute atomic E-state index is 13.1. The number of ether oxygens (including phenoxy) is 4. The predicted octanol–water partition coefficient (Wildman–Crippen LogP) is 4.36. The molecule has 35 heavy (non-hydrogen) atoms. The number of anilines is 1. The van der Waals surface area contributed by atoms with Gasteiger partial charge in [0.25, 0.3) is 5.91 Å². The van der Waals surface area contributed by atoms with Crippen LogP contribution in [0.15, 0.2) is 54.6 Å². The van der Waals surface area contributed by atoms with Gasteiger partial charge in [-0.05, 0) is 37.1 Å². The third-order valence-electron chi connectivity index (χ3n) is 5.44. The molecule has 0 unspecified atom stereocenters. The number of amides is 1. The van der Waals surface area contributed by atoms with Crippen molar-refractivity contribution in [3.8, 4) is 17.2 Å². The van der Waals surface area contributed by atoms with Crippen LogP contribution in [0.2, 0.25) is 0 Å². The smallest absolute Gasteiger partial charge is 0.339 e. The van der Waals surface area contributed by atoms with Gasteiger partial charge in [-0.3, -0.25) is 9.59 Å². The zero-order chi connectivity index (χ0) is 25.5. The summed E-state index contributed by atoms with van der Waals surface area (Å²) in [4.78, 5) is 38.3. The summed E-state index contributed by atoms with van der Waals surface area (Å²) in [6, 6.07) is 14.8. The third kappa shape index (κ3) is 5.78. The highest BCUT2D eigenvalue weighted by Crippen LogP contribution is 2.39. The van der Waals surface area contributed by atoms with Gasteiger partial charge >= 0.3 is 5.97 Å². The number of benzene rings is 3. The molecular weight excluding hydrogens is 450 g/mol. The first-order chi connectivity index (χ1) is 16.8. The van der Waals surface area contributed by atoms with E-state index < -0.39 is 18.5 Å². The van der Waals surface area contributed by atoms with Gasteiger partial charge in [0, 0.05) is 28.9 Å². The largest absolute Gasteiger partial charge is 0.493 e. The van der Waals surface area contributed by atoms with E-state index in [2.05, 4.69) is 5.32 Å². The average molecular weight is 478 g/mol. The summed E-state index contributed by atoms with van der Waals surface area (Å²) in [6.07, 6.45) is 0. The molecule has 0 bridgehead atoms. The summed E-state index contributed by atoms with van der Waals surface area (Å²) in [5.74, 6) is -0.564. The Hall–Kier alpha value is -4.33. The van der Waals surface area contributed by atoms with Crippen LogP contribution in [0.25, 0.3) is 0 Å². The first-order valence-corrected chi connectivity index (χ1v) is 10.8. The minimum Gasteiger partial charge on any atom is -0.493 e. The molecule has 3 rings (SSSR count). The Morgan fingerprint density at radius 1 is 0.771 bits per heavy atom. The van der Waals surface area contributed by atoms with Crippen LogP contribution in [0.5, 0.6) is 17.2 Å². The molecule has 3 aromatic rings. The number of rotatable bonds is 9. The van der Waals surface area contributed by atoms with Crippen LogP contribution in [0.4, 0.5) is 5.69 Å². The molecule has 0 aliphatic carbocycles. The molecule has 1 N–H and O–H groups in total. The van der Waals surface area contributed by atoms with Crippen LogP contribution in [0, 0.1) is 13.8 Å². The second-order valence-corrected chi connectivity index (χ2v) is 7.71. The average Bonchev–Trinajstić information content (AvgIpc) is 2.87. The lowest BCUT2D eigenvalue weighted by Gasteiger charge is -2.15. The highest BCUT2D eigenvalue weighted by Gasteiger charge is 2.21. The zero-order valence-electron chi connectivity index (χ0n) is 20.3. The van der Waals surface area contributed by atoms with Crippen LogP contribution in [0.3, 0.4) is 0 Å². The standard InChI is InChI=1S/C27H27NO7/c1-16-10-11-18(12-17(16)2)25(30)20-8-6-7-9-21(20)27(31)35-15-24(29)28-19-13-22(32-3)26(34-5)23(14-19)33-4/h6-14H,15H2,1-5H3,(H,28,29). The number of esters is 1. The Morgan fingerprint density at radius 3 is 1.97 bits per heavy atom. The molecule has 182 valence electrons. The number of ketones is 1. The van der Waals surface area contributed by atoms with Crippen LogP contribution >= 0.6 is 0 Å². The molecule has 0 fully saturated rings. The number of methoxy groups -OCH3 is 3. The topological polar surface area (TPSA) is 100 Å². The maximum atomic E-state index is 13.1. The summed E-state index contributed by atoms with van der Waals surface area (Å²) in [5, 5.41) is 2.63. The SMILES string of the molecule is COc1cc(NC(=O)COC(=O)c2ccccc2C(=O)c2ccc(C)c(C)c2)cc(OC)c1OC. The van der Waals surface area contributed by atoms with Crippen molar-refractivity contribution in [2.75, 3.05) is 33.3 Å². The molecule has 0 atom stereocenters. The normalized spacial score (nSPS) is 10.3. The molecule has 0 aliphatic heterocycles. The molecule has 0 saturated carbocycles. The van der Waals surface area contributed by atoms with E-state index in [1.54, 1.807) is 42.5 Å². The van der Waals surface area contributed by atoms with Crippen molar-refractivity contribution in [1.29, 1.82) is 0 Å². The van der Waals surface area contributed by atoms with Gasteiger partial charge in [0.05, 0.1) is 26.9 Å². The summed E-state index contributed by atoms with van der Waals surface area (Å²) < 4.78 is 21.0. The monoisotopic (exact) mass is 477 g/mol. The van der Waals surface area contributed by atoms with Crippen LogP contribution < -0.4 is 19.5 Å². The van der Waals surface area contributed by atoms with Crippen LogP contribution in [0.1, 0.15) is 37.4 Å². The van der Waals surface area contributed by atoms with Gasteiger partial charge in [-0.25, -0.2) is 4.79 Å². The summed E-state index contributed by atoms with van der Waals surface area (Å²) in [5.41, 5.74) is 3.15. The molecule has 3 aromatic carbocycles. The zero-order valence-corrected chi connectivity index (χ0v) is 20.3. The highest BCUT2D eigenvalue weighted by atomic mass is 16.5. The van der Waals surface area contributed by atoms with Crippen LogP contribution in [-0.4, -0.2) is 45.6 Å². The molecule has 0 radical (unpaired) electrons. The van der Waals surface area contributed by atoms with Crippen molar-refractivity contribution in [2.24, 2.45) is 0 Å². The second-order valence-electron chi connectivity index (χ2n) is 7.71. The third-order valence-corrected chi connectivity index (χ3v) is 5.44. The molecular formula is C27H27NO7. The van der Waals surface area contributed by atoms with Crippen molar-refractivity contribution in [2.45, 2.75) is 13.8 Å². The lowest BCUT2D eigenvalue weighted by atomic mass is 9.96. The van der Waals surface area contributed by atoms with Gasteiger partial charge in [-0.2, -0.15) is 0 Å². The van der Waals surface area contributed by atoms with Crippen molar-refractivity contribution in [1.82, 2.24) is 0 Å².